The van der Waals surface area contributed by atoms with Crippen LogP contribution in [0.5, 0.6) is 0 Å². The highest BCUT2D eigenvalue weighted by atomic mass is 15.2. The van der Waals surface area contributed by atoms with E-state index >= 15 is 0 Å². The Morgan fingerprint density at radius 2 is 2.12 bits per heavy atom. The van der Waals surface area contributed by atoms with Gasteiger partial charge < -0.3 is 10.2 Å². The largest absolute Gasteiger partial charge is 0.373 e. The number of nitrogens with zero attached hydrogens (tertiary/aromatic N) is 3. The number of hydrogen-bond donors (Lipinski definition) is 1. The maximum atomic E-state index is 4.55. The van der Waals surface area contributed by atoms with Gasteiger partial charge in [0.05, 0.1) is 0 Å². The summed E-state index contributed by atoms with van der Waals surface area (Å²) in [7, 11) is 1.90. The number of aryl methyl sites for hydroxylation is 1. The van der Waals surface area contributed by atoms with Crippen molar-refractivity contribution in [1.82, 2.24) is 9.97 Å². The molecule has 17 heavy (non-hydrogen) atoms. The Morgan fingerprint density at radius 3 is 2.88 bits per heavy atom. The molecule has 0 aromatic carbocycles. The molecule has 1 aromatic rings. The maximum absolute atomic E-state index is 4.55. The van der Waals surface area contributed by atoms with Gasteiger partial charge in [0.25, 0.3) is 0 Å². The summed E-state index contributed by atoms with van der Waals surface area (Å²) in [5, 5.41) is 3.09. The molecule has 0 saturated carbocycles. The van der Waals surface area contributed by atoms with Crippen LogP contribution in [0.25, 0.3) is 0 Å². The first-order valence-corrected chi connectivity index (χ1v) is 6.47. The molecule has 0 amide bonds. The number of hydrogen-bond acceptors (Lipinski definition) is 4. The second-order valence-corrected chi connectivity index (χ2v) is 4.93. The van der Waals surface area contributed by atoms with Crippen LogP contribution >= 0.6 is 0 Å². The van der Waals surface area contributed by atoms with E-state index in [0.29, 0.717) is 0 Å². The number of anilines is 2. The third-order valence-electron chi connectivity index (χ3n) is 3.42. The van der Waals surface area contributed by atoms with Gasteiger partial charge in [-0.15, -0.1) is 0 Å². The van der Waals surface area contributed by atoms with Gasteiger partial charge in [0.1, 0.15) is 17.5 Å². The van der Waals surface area contributed by atoms with Crippen molar-refractivity contribution >= 4 is 11.6 Å². The van der Waals surface area contributed by atoms with Gasteiger partial charge >= 0.3 is 0 Å². The average molecular weight is 234 g/mol. The van der Waals surface area contributed by atoms with E-state index in [0.717, 1.165) is 36.5 Å². The summed E-state index contributed by atoms with van der Waals surface area (Å²) in [5.41, 5.74) is 0. The average Bonchev–Trinajstić information content (AvgIpc) is 2.53. The van der Waals surface area contributed by atoms with Gasteiger partial charge in [-0.3, -0.25) is 0 Å². The Hall–Kier alpha value is -1.32. The van der Waals surface area contributed by atoms with Crippen molar-refractivity contribution < 1.29 is 0 Å². The summed E-state index contributed by atoms with van der Waals surface area (Å²) in [6, 6.07) is 2.04. The van der Waals surface area contributed by atoms with Crippen LogP contribution in [-0.2, 0) is 0 Å². The van der Waals surface area contributed by atoms with Crippen molar-refractivity contribution in [2.75, 3.05) is 30.4 Å². The fourth-order valence-electron chi connectivity index (χ4n) is 2.33. The Balaban J connectivity index is 2.17. The highest BCUT2D eigenvalue weighted by Gasteiger charge is 2.15. The van der Waals surface area contributed by atoms with Gasteiger partial charge in [0.2, 0.25) is 0 Å². The molecule has 0 spiro atoms. The van der Waals surface area contributed by atoms with Crippen LogP contribution < -0.4 is 10.2 Å². The topological polar surface area (TPSA) is 41.0 Å². The number of rotatable bonds is 2. The third-order valence-corrected chi connectivity index (χ3v) is 3.42. The molecule has 1 fully saturated rings. The zero-order valence-electron chi connectivity index (χ0n) is 11.0. The molecule has 1 saturated heterocycles. The summed E-state index contributed by atoms with van der Waals surface area (Å²) in [5.74, 6) is 3.65. The lowest BCUT2D eigenvalue weighted by atomic mass is 10.0. The highest BCUT2D eigenvalue weighted by molar-refractivity contribution is 5.49. The van der Waals surface area contributed by atoms with Gasteiger partial charge in [0.15, 0.2) is 0 Å². The van der Waals surface area contributed by atoms with E-state index in [1.165, 1.54) is 19.3 Å². The Kier molecular flexibility index (Phi) is 3.82. The molecule has 1 aliphatic heterocycles. The molecule has 0 radical (unpaired) electrons. The van der Waals surface area contributed by atoms with E-state index in [1.807, 2.05) is 20.0 Å². The van der Waals surface area contributed by atoms with E-state index in [1.54, 1.807) is 0 Å². The molecule has 1 atom stereocenters. The van der Waals surface area contributed by atoms with Crippen LogP contribution in [0, 0.1) is 12.8 Å². The lowest BCUT2D eigenvalue weighted by Gasteiger charge is -2.22. The molecular formula is C13H22N4. The Bertz CT molecular complexity index is 378. The van der Waals surface area contributed by atoms with Crippen molar-refractivity contribution in [1.29, 1.82) is 0 Å². The monoisotopic (exact) mass is 234 g/mol. The van der Waals surface area contributed by atoms with Crippen molar-refractivity contribution in [3.05, 3.63) is 11.9 Å². The number of aromatic nitrogens is 2. The van der Waals surface area contributed by atoms with Crippen LogP contribution in [0.3, 0.4) is 0 Å². The predicted octanol–water partition coefficient (Wildman–Crippen LogP) is 2.45. The maximum Gasteiger partial charge on any atom is 0.134 e. The SMILES string of the molecule is CNc1cc(N2CCCC(C)CC2)nc(C)n1. The Morgan fingerprint density at radius 1 is 1.29 bits per heavy atom. The third kappa shape index (κ3) is 3.08. The summed E-state index contributed by atoms with van der Waals surface area (Å²) < 4.78 is 0. The van der Waals surface area contributed by atoms with E-state index in [4.69, 9.17) is 0 Å². The molecule has 94 valence electrons. The molecule has 2 rings (SSSR count). The molecule has 4 nitrogen and oxygen atoms in total. The Labute approximate surface area is 103 Å². The smallest absolute Gasteiger partial charge is 0.134 e. The molecule has 1 aliphatic rings. The lowest BCUT2D eigenvalue weighted by molar-refractivity contribution is 0.521. The second kappa shape index (κ2) is 5.34. The van der Waals surface area contributed by atoms with Crippen LogP contribution in [0.2, 0.25) is 0 Å². The fourth-order valence-corrected chi connectivity index (χ4v) is 2.33. The van der Waals surface area contributed by atoms with Crippen molar-refractivity contribution in [3.8, 4) is 0 Å². The molecule has 0 aliphatic carbocycles. The summed E-state index contributed by atoms with van der Waals surface area (Å²) in [4.78, 5) is 11.3. The van der Waals surface area contributed by atoms with E-state index in [9.17, 15) is 0 Å². The quantitative estimate of drug-likeness (QED) is 0.853. The van der Waals surface area contributed by atoms with E-state index in [-0.39, 0.29) is 0 Å². The fraction of sp³-hybridized carbons (Fsp3) is 0.692. The molecule has 1 N–H and O–H groups in total. The predicted molar refractivity (Wildman–Crippen MR) is 71.5 cm³/mol. The summed E-state index contributed by atoms with van der Waals surface area (Å²) in [6.45, 7) is 6.52. The van der Waals surface area contributed by atoms with Crippen molar-refractivity contribution in [2.24, 2.45) is 5.92 Å². The van der Waals surface area contributed by atoms with Gasteiger partial charge in [-0.25, -0.2) is 9.97 Å². The minimum absolute atomic E-state index is 0.837. The van der Waals surface area contributed by atoms with Crippen LogP contribution in [0.4, 0.5) is 11.6 Å². The molecule has 1 aromatic heterocycles. The summed E-state index contributed by atoms with van der Waals surface area (Å²) >= 11 is 0. The first-order chi connectivity index (χ1) is 8.19. The van der Waals surface area contributed by atoms with Gasteiger partial charge in [-0.2, -0.15) is 0 Å². The zero-order chi connectivity index (χ0) is 12.3. The molecule has 4 heteroatoms. The van der Waals surface area contributed by atoms with Crippen molar-refractivity contribution in [3.63, 3.8) is 0 Å². The van der Waals surface area contributed by atoms with E-state index in [2.05, 4.69) is 27.1 Å². The molecule has 2 heterocycles. The van der Waals surface area contributed by atoms with Gasteiger partial charge in [-0.1, -0.05) is 6.92 Å². The van der Waals surface area contributed by atoms with Crippen molar-refractivity contribution in [2.45, 2.75) is 33.1 Å². The normalized spacial score (nSPS) is 21.1. The first kappa shape index (κ1) is 12.1. The lowest BCUT2D eigenvalue weighted by Crippen LogP contribution is -2.25. The minimum atomic E-state index is 0.837. The van der Waals surface area contributed by atoms with Gasteiger partial charge in [0, 0.05) is 26.2 Å². The van der Waals surface area contributed by atoms with Crippen LogP contribution in [0.15, 0.2) is 6.07 Å². The van der Waals surface area contributed by atoms with Crippen LogP contribution in [-0.4, -0.2) is 30.1 Å². The molecular weight excluding hydrogens is 212 g/mol. The minimum Gasteiger partial charge on any atom is -0.373 e. The molecule has 1 unspecified atom stereocenters. The second-order valence-electron chi connectivity index (χ2n) is 4.93. The van der Waals surface area contributed by atoms with Gasteiger partial charge in [-0.05, 0) is 32.1 Å². The highest BCUT2D eigenvalue weighted by Crippen LogP contribution is 2.22. The van der Waals surface area contributed by atoms with Crippen LogP contribution in [0.1, 0.15) is 32.0 Å². The zero-order valence-corrected chi connectivity index (χ0v) is 11.0. The summed E-state index contributed by atoms with van der Waals surface area (Å²) in [6.07, 6.45) is 3.86. The number of nitrogens with one attached hydrogen (secondary N) is 1. The first-order valence-electron chi connectivity index (χ1n) is 6.47. The molecule has 0 bridgehead atoms. The van der Waals surface area contributed by atoms with E-state index < -0.39 is 0 Å². The standard InChI is InChI=1S/C13H22N4/c1-10-5-4-7-17(8-6-10)13-9-12(14-3)15-11(2)16-13/h9-10H,4-8H2,1-3H3,(H,14,15,16).